The number of benzene rings is 2. The van der Waals surface area contributed by atoms with Gasteiger partial charge >= 0.3 is 11.9 Å². The van der Waals surface area contributed by atoms with Gasteiger partial charge in [0.1, 0.15) is 23.9 Å². The normalized spacial score (nSPS) is 14.5. The zero-order valence-corrected chi connectivity index (χ0v) is 24.6. The summed E-state index contributed by atoms with van der Waals surface area (Å²) in [6, 6.07) is 8.45. The van der Waals surface area contributed by atoms with Crippen LogP contribution in [0.5, 0.6) is 5.75 Å². The molecule has 9 N–H and O–H groups in total. The molecule has 44 heavy (non-hydrogen) atoms. The van der Waals surface area contributed by atoms with Crippen LogP contribution in [0, 0.1) is 5.92 Å². The van der Waals surface area contributed by atoms with E-state index < -0.39 is 53.8 Å². The predicted octanol–water partition coefficient (Wildman–Crippen LogP) is 1.44. The maximum atomic E-state index is 13.6. The van der Waals surface area contributed by atoms with Gasteiger partial charge in [-0.3, -0.25) is 19.2 Å². The molecule has 3 aromatic rings. The van der Waals surface area contributed by atoms with Crippen LogP contribution in [-0.4, -0.2) is 74.1 Å². The standard InChI is InChI=1S/C31H39N5O8/c1-3-17(2)27(36-28(40)22(32)12-13-26(38)39)30(42)34-24(15-19-16-33-23-7-5-4-6-21(19)23)29(41)35-25(31(43)44)14-18-8-10-20(37)11-9-18/h4-11,16-17,22,24-25,27,33,37H,3,12-15,32H2,1-2H3,(H,34,42)(H,35,41)(H,36,40)(H,38,39)(H,43,44). The number of aromatic amines is 1. The molecular weight excluding hydrogens is 570 g/mol. The Morgan fingerprint density at radius 2 is 1.52 bits per heavy atom. The molecule has 13 nitrogen and oxygen atoms in total. The van der Waals surface area contributed by atoms with E-state index in [2.05, 4.69) is 20.9 Å². The lowest BCUT2D eigenvalue weighted by atomic mass is 9.96. The van der Waals surface area contributed by atoms with Gasteiger partial charge in [0.05, 0.1) is 6.04 Å². The number of carbonyl (C=O) groups is 5. The van der Waals surface area contributed by atoms with Gasteiger partial charge in [-0.25, -0.2) is 4.79 Å². The fourth-order valence-corrected chi connectivity index (χ4v) is 4.70. The van der Waals surface area contributed by atoms with Gasteiger partial charge in [-0.05, 0) is 41.7 Å². The van der Waals surface area contributed by atoms with Crippen LogP contribution in [0.2, 0.25) is 0 Å². The van der Waals surface area contributed by atoms with Crippen LogP contribution >= 0.6 is 0 Å². The van der Waals surface area contributed by atoms with E-state index in [1.807, 2.05) is 31.2 Å². The second-order valence-electron chi connectivity index (χ2n) is 10.8. The number of rotatable bonds is 16. The molecule has 0 saturated carbocycles. The second kappa shape index (κ2) is 15.5. The minimum Gasteiger partial charge on any atom is -0.508 e. The molecular formula is C31H39N5O8. The summed E-state index contributed by atoms with van der Waals surface area (Å²) in [4.78, 5) is 66.2. The first-order chi connectivity index (χ1) is 20.9. The predicted molar refractivity (Wildman–Crippen MR) is 162 cm³/mol. The van der Waals surface area contributed by atoms with Crippen molar-refractivity contribution in [2.75, 3.05) is 0 Å². The van der Waals surface area contributed by atoms with Gasteiger partial charge < -0.3 is 42.0 Å². The molecule has 236 valence electrons. The highest BCUT2D eigenvalue weighted by Crippen LogP contribution is 2.20. The topological polar surface area (TPSA) is 224 Å². The SMILES string of the molecule is CCC(C)C(NC(=O)C(N)CCC(=O)O)C(=O)NC(Cc1c[nH]c2ccccc12)C(=O)NC(Cc1ccc(O)cc1)C(=O)O. The maximum absolute atomic E-state index is 13.6. The Kier molecular flexibility index (Phi) is 11.9. The fraction of sp³-hybridized carbons (Fsp3) is 0.387. The lowest BCUT2D eigenvalue weighted by Gasteiger charge is -2.28. The molecule has 0 saturated heterocycles. The number of aromatic hydroxyl groups is 1. The van der Waals surface area contributed by atoms with Crippen molar-refractivity contribution in [2.24, 2.45) is 11.7 Å². The van der Waals surface area contributed by atoms with Gasteiger partial charge in [0.2, 0.25) is 17.7 Å². The van der Waals surface area contributed by atoms with Crippen LogP contribution in [0.4, 0.5) is 0 Å². The third-order valence-corrected chi connectivity index (χ3v) is 7.52. The van der Waals surface area contributed by atoms with E-state index in [0.29, 0.717) is 17.5 Å². The monoisotopic (exact) mass is 609 g/mol. The van der Waals surface area contributed by atoms with Crippen molar-refractivity contribution in [3.63, 3.8) is 0 Å². The molecule has 0 bridgehead atoms. The fourth-order valence-electron chi connectivity index (χ4n) is 4.70. The van der Waals surface area contributed by atoms with E-state index in [4.69, 9.17) is 10.8 Å². The van der Waals surface area contributed by atoms with Gasteiger partial charge in [-0.1, -0.05) is 50.6 Å². The van der Waals surface area contributed by atoms with Crippen molar-refractivity contribution >= 4 is 40.6 Å². The minimum atomic E-state index is -1.34. The molecule has 1 aromatic heterocycles. The summed E-state index contributed by atoms with van der Waals surface area (Å²) in [6.45, 7) is 3.55. The number of nitrogens with two attached hydrogens (primary N) is 1. The van der Waals surface area contributed by atoms with Crippen molar-refractivity contribution in [3.8, 4) is 5.75 Å². The quantitative estimate of drug-likeness (QED) is 0.117. The highest BCUT2D eigenvalue weighted by Gasteiger charge is 2.33. The molecule has 0 fully saturated rings. The van der Waals surface area contributed by atoms with E-state index in [0.717, 1.165) is 10.9 Å². The second-order valence-corrected chi connectivity index (χ2v) is 10.8. The number of hydrogen-bond donors (Lipinski definition) is 8. The van der Waals surface area contributed by atoms with Crippen LogP contribution in [0.15, 0.2) is 54.7 Å². The van der Waals surface area contributed by atoms with Crippen LogP contribution in [0.1, 0.15) is 44.2 Å². The number of phenolic OH excluding ortho intramolecular Hbond substituents is 1. The molecule has 5 unspecified atom stereocenters. The molecule has 0 spiro atoms. The molecule has 0 radical (unpaired) electrons. The number of amides is 3. The molecule has 13 heteroatoms. The zero-order valence-electron chi connectivity index (χ0n) is 24.6. The summed E-state index contributed by atoms with van der Waals surface area (Å²) >= 11 is 0. The Morgan fingerprint density at radius 1 is 0.864 bits per heavy atom. The van der Waals surface area contributed by atoms with Gasteiger partial charge in [0, 0.05) is 36.4 Å². The summed E-state index contributed by atoms with van der Waals surface area (Å²) < 4.78 is 0. The number of fused-ring (bicyclic) bond motifs is 1. The number of aromatic nitrogens is 1. The first kappa shape index (κ1) is 33.6. The van der Waals surface area contributed by atoms with Crippen molar-refractivity contribution in [1.29, 1.82) is 0 Å². The third-order valence-electron chi connectivity index (χ3n) is 7.52. The number of carboxylic acids is 2. The first-order valence-electron chi connectivity index (χ1n) is 14.3. The van der Waals surface area contributed by atoms with Crippen molar-refractivity contribution < 1.29 is 39.3 Å². The number of H-pyrrole nitrogens is 1. The summed E-state index contributed by atoms with van der Waals surface area (Å²) in [5, 5.41) is 37.0. The van der Waals surface area contributed by atoms with Gasteiger partial charge in [-0.2, -0.15) is 0 Å². The number of phenols is 1. The summed E-state index contributed by atoms with van der Waals surface area (Å²) in [6.07, 6.45) is 1.67. The van der Waals surface area contributed by atoms with Gasteiger partial charge in [0.25, 0.3) is 0 Å². The van der Waals surface area contributed by atoms with Crippen LogP contribution in [0.25, 0.3) is 10.9 Å². The van der Waals surface area contributed by atoms with E-state index >= 15 is 0 Å². The number of carboxylic acid groups (broad SMARTS) is 2. The van der Waals surface area contributed by atoms with E-state index in [1.54, 1.807) is 25.3 Å². The third kappa shape index (κ3) is 9.30. The average Bonchev–Trinajstić information content (AvgIpc) is 3.40. The number of aliphatic carboxylic acids is 2. The van der Waals surface area contributed by atoms with Crippen molar-refractivity contribution in [2.45, 2.75) is 70.1 Å². The number of carbonyl (C=O) groups excluding carboxylic acids is 3. The van der Waals surface area contributed by atoms with Crippen molar-refractivity contribution in [1.82, 2.24) is 20.9 Å². The zero-order chi connectivity index (χ0) is 32.4. The van der Waals surface area contributed by atoms with Crippen LogP contribution in [-0.2, 0) is 36.8 Å². The van der Waals surface area contributed by atoms with Crippen LogP contribution in [0.3, 0.4) is 0 Å². The molecule has 0 aliphatic carbocycles. The lowest BCUT2D eigenvalue weighted by Crippen LogP contribution is -2.59. The molecule has 3 rings (SSSR count). The molecule has 0 aliphatic heterocycles. The highest BCUT2D eigenvalue weighted by molar-refractivity contribution is 5.95. The van der Waals surface area contributed by atoms with E-state index in [1.165, 1.54) is 12.1 Å². The van der Waals surface area contributed by atoms with Crippen molar-refractivity contribution in [3.05, 3.63) is 65.9 Å². The lowest BCUT2D eigenvalue weighted by molar-refractivity contribution is -0.142. The summed E-state index contributed by atoms with van der Waals surface area (Å²) in [5.41, 5.74) is 7.93. The first-order valence-corrected chi connectivity index (χ1v) is 14.3. The Balaban J connectivity index is 1.86. The van der Waals surface area contributed by atoms with Gasteiger partial charge in [0.15, 0.2) is 0 Å². The summed E-state index contributed by atoms with van der Waals surface area (Å²) in [7, 11) is 0. The average molecular weight is 610 g/mol. The molecule has 0 aliphatic rings. The maximum Gasteiger partial charge on any atom is 0.326 e. The van der Waals surface area contributed by atoms with E-state index in [-0.39, 0.29) is 37.4 Å². The molecule has 2 aromatic carbocycles. The van der Waals surface area contributed by atoms with Gasteiger partial charge in [-0.15, -0.1) is 0 Å². The number of nitrogens with one attached hydrogen (secondary N) is 4. The molecule has 3 amide bonds. The Hall–Kier alpha value is -4.91. The highest BCUT2D eigenvalue weighted by atomic mass is 16.4. The Morgan fingerprint density at radius 3 is 2.16 bits per heavy atom. The summed E-state index contributed by atoms with van der Waals surface area (Å²) in [5.74, 6) is -4.90. The van der Waals surface area contributed by atoms with Crippen LogP contribution < -0.4 is 21.7 Å². The minimum absolute atomic E-state index is 0.00638. The molecule has 5 atom stereocenters. The largest absolute Gasteiger partial charge is 0.508 e. The smallest absolute Gasteiger partial charge is 0.326 e. The number of hydrogen-bond acceptors (Lipinski definition) is 7. The van der Waals surface area contributed by atoms with E-state index in [9.17, 15) is 34.2 Å². The Bertz CT molecular complexity index is 1470. The molecule has 1 heterocycles. The number of para-hydroxylation sites is 1. The Labute approximate surface area is 254 Å².